The lowest BCUT2D eigenvalue weighted by molar-refractivity contribution is -0.0772. The molecule has 0 spiro atoms. The molecule has 1 rings (SSSR count). The van der Waals surface area contributed by atoms with Gasteiger partial charge in [0.15, 0.2) is 23.3 Å². The molecule has 0 saturated heterocycles. The van der Waals surface area contributed by atoms with Crippen LogP contribution in [0.3, 0.4) is 0 Å². The van der Waals surface area contributed by atoms with E-state index < -0.39 is 50.6 Å². The first-order chi connectivity index (χ1) is 8.61. The summed E-state index contributed by atoms with van der Waals surface area (Å²) in [5, 5.41) is 9.46. The van der Waals surface area contributed by atoms with Crippen LogP contribution in [0.2, 0.25) is 0 Å². The molecule has 19 heavy (non-hydrogen) atoms. The largest absolute Gasteiger partial charge is 0.702 e. The Morgan fingerprint density at radius 1 is 1.05 bits per heavy atom. The van der Waals surface area contributed by atoms with Crippen molar-refractivity contribution in [3.63, 3.8) is 0 Å². The summed E-state index contributed by atoms with van der Waals surface area (Å²) in [6.45, 7) is 0. The Hall–Kier alpha value is -1.02. The highest BCUT2D eigenvalue weighted by Gasteiger charge is 2.61. The number of rotatable bonds is 4. The molecule has 0 amide bonds. The second-order valence-electron chi connectivity index (χ2n) is 3.06. The predicted molar refractivity (Wildman–Crippen MR) is 50.9 cm³/mol. The Balaban J connectivity index is 3.57. The third-order valence-corrected chi connectivity index (χ3v) is 3.33. The normalized spacial score (nSPS) is 15.9. The molecule has 0 heterocycles. The molecule has 0 fully saturated rings. The third-order valence-electron chi connectivity index (χ3n) is 1.92. The highest BCUT2D eigenvalue weighted by Crippen LogP contribution is 2.49. The minimum atomic E-state index is -3.96. The minimum Gasteiger partial charge on any atom is -0.317 e. The number of halogens is 4. The number of aliphatic hydroxyl groups is 1. The van der Waals surface area contributed by atoms with E-state index in [1.165, 1.54) is 0 Å². The van der Waals surface area contributed by atoms with Crippen LogP contribution in [0.5, 0.6) is 0 Å². The maximum absolute atomic E-state index is 13.3. The van der Waals surface area contributed by atoms with Gasteiger partial charge in [0.2, 0.25) is 0 Å². The molecule has 104 valence electrons. The fourth-order valence-corrected chi connectivity index (χ4v) is 2.28. The molecule has 6 nitrogen and oxygen atoms in total. The van der Waals surface area contributed by atoms with E-state index in [4.69, 9.17) is 9.79 Å². The van der Waals surface area contributed by atoms with Crippen LogP contribution in [0, 0.1) is 23.3 Å². The van der Waals surface area contributed by atoms with Gasteiger partial charge in [-0.1, -0.05) is 0 Å². The topological polar surface area (TPSA) is 104 Å². The number of hydrogen-bond donors (Lipinski definition) is 3. The van der Waals surface area contributed by atoms with Crippen molar-refractivity contribution in [1.82, 2.24) is 0 Å². The first-order valence-corrected chi connectivity index (χ1v) is 6.52. The quantitative estimate of drug-likeness (QED) is 0.256. The highest BCUT2D eigenvalue weighted by molar-refractivity contribution is 7.40. The Morgan fingerprint density at radius 2 is 1.58 bits per heavy atom. The van der Waals surface area contributed by atoms with E-state index >= 15 is 0 Å². The average molecular weight is 322 g/mol. The van der Waals surface area contributed by atoms with Gasteiger partial charge in [-0.2, -0.15) is 4.89 Å². The molecular formula is C7H4F4O6P2+2. The molecule has 3 atom stereocenters. The molecule has 3 unspecified atom stereocenters. The molecule has 0 saturated carbocycles. The fraction of sp³-hybridized carbons (Fsp3) is 0.143. The van der Waals surface area contributed by atoms with Crippen molar-refractivity contribution >= 4 is 16.3 Å². The Morgan fingerprint density at radius 3 is 2.00 bits per heavy atom. The molecule has 1 aromatic rings. The fourth-order valence-electron chi connectivity index (χ4n) is 1.11. The first-order valence-electron chi connectivity index (χ1n) is 4.18. The van der Waals surface area contributed by atoms with Gasteiger partial charge in [-0.15, -0.1) is 4.89 Å². The van der Waals surface area contributed by atoms with Crippen molar-refractivity contribution in [1.29, 1.82) is 0 Å². The van der Waals surface area contributed by atoms with Crippen molar-refractivity contribution < 1.29 is 46.1 Å². The summed E-state index contributed by atoms with van der Waals surface area (Å²) in [5.41, 5.74) is -5.35. The Labute approximate surface area is 104 Å². The zero-order valence-electron chi connectivity index (χ0n) is 8.55. The summed E-state index contributed by atoms with van der Waals surface area (Å²) >= 11 is 0. The van der Waals surface area contributed by atoms with E-state index in [0.717, 1.165) is 0 Å². The van der Waals surface area contributed by atoms with Crippen molar-refractivity contribution in [2.45, 2.75) is 5.53 Å². The molecule has 0 aromatic heterocycles. The van der Waals surface area contributed by atoms with Crippen LogP contribution in [-0.2, 0) is 19.2 Å². The van der Waals surface area contributed by atoms with Crippen LogP contribution in [0.1, 0.15) is 5.56 Å². The predicted octanol–water partition coefficient (Wildman–Crippen LogP) is 1.75. The molecular weight excluding hydrogens is 318 g/mol. The molecule has 3 N–H and O–H groups in total. The van der Waals surface area contributed by atoms with Gasteiger partial charge in [-0.25, -0.2) is 17.6 Å². The lowest BCUT2D eigenvalue weighted by Crippen LogP contribution is -2.25. The molecule has 0 aliphatic heterocycles. The molecule has 0 aliphatic carbocycles. The Bertz CT molecular complexity index is 567. The molecule has 1 aromatic carbocycles. The summed E-state index contributed by atoms with van der Waals surface area (Å²) < 4.78 is 76.7. The lowest BCUT2D eigenvalue weighted by atomic mass is 10.2. The van der Waals surface area contributed by atoms with Gasteiger partial charge in [0.05, 0.1) is 0 Å². The third kappa shape index (κ3) is 2.94. The number of hydrogen-bond acceptors (Lipinski definition) is 4. The van der Waals surface area contributed by atoms with Crippen LogP contribution < -0.4 is 0 Å². The van der Waals surface area contributed by atoms with Crippen molar-refractivity contribution in [2.24, 2.45) is 0 Å². The molecule has 0 bridgehead atoms. The number of benzene rings is 1. The minimum absolute atomic E-state index is 0.171. The lowest BCUT2D eigenvalue weighted by Gasteiger charge is -2.10. The van der Waals surface area contributed by atoms with Gasteiger partial charge < -0.3 is 5.11 Å². The van der Waals surface area contributed by atoms with Crippen LogP contribution in [-0.4, -0.2) is 14.9 Å². The van der Waals surface area contributed by atoms with Gasteiger partial charge in [-0.05, 0) is 15.2 Å². The van der Waals surface area contributed by atoms with Crippen LogP contribution in [0.4, 0.5) is 17.6 Å². The van der Waals surface area contributed by atoms with Gasteiger partial charge in [0, 0.05) is 4.57 Å². The van der Waals surface area contributed by atoms with E-state index in [1.807, 2.05) is 0 Å². The summed E-state index contributed by atoms with van der Waals surface area (Å²) in [6.07, 6.45) is 0. The van der Waals surface area contributed by atoms with E-state index in [9.17, 15) is 31.8 Å². The Kier molecular flexibility index (Phi) is 4.67. The van der Waals surface area contributed by atoms with Gasteiger partial charge in [-0.3, -0.25) is 0 Å². The first kappa shape index (κ1) is 16.0. The zero-order valence-corrected chi connectivity index (χ0v) is 10.3. The second kappa shape index (κ2) is 5.54. The van der Waals surface area contributed by atoms with E-state index in [1.54, 1.807) is 0 Å². The molecule has 0 aliphatic rings. The zero-order chi connectivity index (χ0) is 15.0. The summed E-state index contributed by atoms with van der Waals surface area (Å²) in [5.74, 6) is -8.86. The summed E-state index contributed by atoms with van der Waals surface area (Å²) in [4.78, 5) is 17.1. The van der Waals surface area contributed by atoms with E-state index in [2.05, 4.69) is 4.52 Å². The van der Waals surface area contributed by atoms with Crippen LogP contribution in [0.25, 0.3) is 0 Å². The second-order valence-corrected chi connectivity index (χ2v) is 4.87. The SMILES string of the molecule is O=[P+](O)OC(O)(c1cc(F)c(F)c(F)c1F)[P+](=O)O. The van der Waals surface area contributed by atoms with Gasteiger partial charge >= 0.3 is 21.8 Å². The highest BCUT2D eigenvalue weighted by atomic mass is 31.1. The van der Waals surface area contributed by atoms with Crippen molar-refractivity contribution in [3.8, 4) is 0 Å². The summed E-state index contributed by atoms with van der Waals surface area (Å²) in [7, 11) is -7.69. The van der Waals surface area contributed by atoms with Crippen LogP contribution >= 0.6 is 16.3 Å². The smallest absolute Gasteiger partial charge is 0.317 e. The van der Waals surface area contributed by atoms with Crippen molar-refractivity contribution in [3.05, 3.63) is 34.9 Å². The maximum atomic E-state index is 13.3. The van der Waals surface area contributed by atoms with Gasteiger partial charge in [0.1, 0.15) is 5.56 Å². The van der Waals surface area contributed by atoms with E-state index in [-0.39, 0.29) is 6.07 Å². The average Bonchev–Trinajstić information content (AvgIpc) is 2.29. The monoisotopic (exact) mass is 322 g/mol. The maximum Gasteiger partial charge on any atom is 0.702 e. The van der Waals surface area contributed by atoms with Gasteiger partial charge in [0.25, 0.3) is 0 Å². The van der Waals surface area contributed by atoms with Crippen molar-refractivity contribution in [2.75, 3.05) is 0 Å². The molecule has 0 radical (unpaired) electrons. The summed E-state index contributed by atoms with van der Waals surface area (Å²) in [6, 6.07) is -0.171. The van der Waals surface area contributed by atoms with Crippen LogP contribution in [0.15, 0.2) is 6.07 Å². The molecule has 12 heteroatoms. The van der Waals surface area contributed by atoms with E-state index in [0.29, 0.717) is 0 Å². The standard InChI is InChI=1S/C7H2F4O6P2/c8-3-1-2(4(9)6(11)5(3)10)7(12,18(13)14)17-19(15)16/h1,12H/p+2.